The zero-order valence-corrected chi connectivity index (χ0v) is 18.7. The Hall–Kier alpha value is -2.84. The lowest BCUT2D eigenvalue weighted by molar-refractivity contribution is 0.278. The summed E-state index contributed by atoms with van der Waals surface area (Å²) < 4.78 is 121. The molecule has 3 aromatic rings. The first-order valence-corrected chi connectivity index (χ1v) is 11.3. The highest BCUT2D eigenvalue weighted by molar-refractivity contribution is 7.99. The molecule has 0 radical (unpaired) electrons. The van der Waals surface area contributed by atoms with E-state index in [-0.39, 0.29) is 11.3 Å². The number of benzene rings is 3. The molecule has 0 aromatic heterocycles. The van der Waals surface area contributed by atoms with Crippen LogP contribution in [-0.4, -0.2) is 12.9 Å². The van der Waals surface area contributed by atoms with Crippen LogP contribution in [0.1, 0.15) is 6.42 Å². The molecule has 0 bridgehead atoms. The summed E-state index contributed by atoms with van der Waals surface area (Å²) in [6, 6.07) is 6.05. The van der Waals surface area contributed by atoms with Gasteiger partial charge in [0.15, 0.2) is 40.7 Å². The normalized spacial score (nSPS) is 10.9. The van der Waals surface area contributed by atoms with Gasteiger partial charge < -0.3 is 4.74 Å². The lowest BCUT2D eigenvalue weighted by atomic mass is 10.0. The van der Waals surface area contributed by atoms with Crippen molar-refractivity contribution in [2.45, 2.75) is 21.1 Å². The van der Waals surface area contributed by atoms with Crippen LogP contribution in [0.25, 0.3) is 11.1 Å². The van der Waals surface area contributed by atoms with E-state index >= 15 is 0 Å². The highest BCUT2D eigenvalue weighted by Crippen LogP contribution is 2.43. The second-order valence-electron chi connectivity index (χ2n) is 6.50. The third-order valence-corrected chi connectivity index (χ3v) is 6.28. The highest BCUT2D eigenvalue weighted by Gasteiger charge is 2.34. The van der Waals surface area contributed by atoms with Crippen LogP contribution in [0.4, 0.5) is 35.1 Å². The average molecular weight is 520 g/mol. The maximum absolute atomic E-state index is 14.8. The number of hydrogen-bond acceptors (Lipinski definition) is 3. The van der Waals surface area contributed by atoms with Crippen molar-refractivity contribution in [2.24, 2.45) is 0 Å². The third-order valence-electron chi connectivity index (χ3n) is 4.47. The second-order valence-corrected chi connectivity index (χ2v) is 8.46. The van der Waals surface area contributed by atoms with E-state index in [9.17, 15) is 35.1 Å². The summed E-state index contributed by atoms with van der Waals surface area (Å²) in [5.74, 6) is -16.9. The van der Waals surface area contributed by atoms with Gasteiger partial charge in [-0.15, -0.1) is 24.1 Å². The van der Waals surface area contributed by atoms with Gasteiger partial charge in [-0.25, -0.2) is 26.3 Å². The number of rotatable bonds is 7. The van der Waals surface area contributed by atoms with E-state index in [4.69, 9.17) is 6.42 Å². The summed E-state index contributed by atoms with van der Waals surface area (Å²) >= 11 is 1.69. The Bertz CT molecular complexity index is 1230. The maximum Gasteiger partial charge on any atom is 0.204 e. The average Bonchev–Trinajstić information content (AvgIpc) is 2.84. The Morgan fingerprint density at radius 2 is 1.15 bits per heavy atom. The Balaban J connectivity index is 2.15. The van der Waals surface area contributed by atoms with Crippen LogP contribution < -0.4 is 4.74 Å². The molecule has 0 aliphatic carbocycles. The topological polar surface area (TPSA) is 9.23 Å². The zero-order valence-electron chi connectivity index (χ0n) is 17.0. The molecule has 0 amide bonds. The monoisotopic (exact) mass is 520 g/mol. The van der Waals surface area contributed by atoms with Gasteiger partial charge in [-0.2, -0.15) is 8.78 Å². The van der Waals surface area contributed by atoms with Gasteiger partial charge in [0.05, 0.1) is 22.6 Å². The van der Waals surface area contributed by atoms with Gasteiger partial charge in [0, 0.05) is 16.2 Å². The minimum absolute atomic E-state index is 0.178. The van der Waals surface area contributed by atoms with Crippen molar-refractivity contribution >= 4 is 23.5 Å². The maximum atomic E-state index is 14.8. The molecule has 1 nitrogen and oxygen atoms in total. The van der Waals surface area contributed by atoms with Crippen LogP contribution in [0.3, 0.4) is 0 Å². The molecule has 3 rings (SSSR count). The van der Waals surface area contributed by atoms with Crippen molar-refractivity contribution in [3.05, 3.63) is 70.8 Å². The van der Waals surface area contributed by atoms with Gasteiger partial charge in [0.1, 0.15) is 0 Å². The van der Waals surface area contributed by atoms with E-state index in [1.807, 2.05) is 0 Å². The SMILES string of the molecule is C#CCCOc1c(F)c(F)c(-c2c(F)c(F)c(Sc3ccc(SC)cc3)c(F)c2F)c(F)c1F. The number of hydrogen-bond donors (Lipinski definition) is 0. The molecular weight excluding hydrogens is 508 g/mol. The molecule has 0 fully saturated rings. The third kappa shape index (κ3) is 4.70. The standard InChI is InChI=1S/C23H12F8OS2/c1-3-4-9-32-22-18(28)14(24)12(15(25)19(22)29)13-16(26)20(30)23(21(31)17(13)27)34-11-7-5-10(33-2)6-8-11/h1,5-8H,4,9H2,2H3. The van der Waals surface area contributed by atoms with Gasteiger partial charge >= 0.3 is 0 Å². The Kier molecular flexibility index (Phi) is 8.05. The van der Waals surface area contributed by atoms with Crippen molar-refractivity contribution in [1.29, 1.82) is 0 Å². The summed E-state index contributed by atoms with van der Waals surface area (Å²) in [5.41, 5.74) is -3.91. The molecule has 0 saturated heterocycles. The first-order valence-electron chi connectivity index (χ1n) is 9.24. The molecule has 0 saturated carbocycles. The predicted molar refractivity (Wildman–Crippen MR) is 113 cm³/mol. The van der Waals surface area contributed by atoms with Crippen LogP contribution in [0.2, 0.25) is 0 Å². The van der Waals surface area contributed by atoms with Gasteiger partial charge in [-0.3, -0.25) is 0 Å². The Morgan fingerprint density at radius 1 is 0.706 bits per heavy atom. The molecule has 0 N–H and O–H groups in total. The molecule has 0 aliphatic rings. The summed E-state index contributed by atoms with van der Waals surface area (Å²) in [5, 5.41) is 0. The fourth-order valence-electron chi connectivity index (χ4n) is 2.85. The quantitative estimate of drug-likeness (QED) is 0.104. The van der Waals surface area contributed by atoms with Crippen LogP contribution in [0.5, 0.6) is 5.75 Å². The largest absolute Gasteiger partial charge is 0.486 e. The molecule has 11 heteroatoms. The highest BCUT2D eigenvalue weighted by atomic mass is 32.2. The molecule has 0 spiro atoms. The lowest BCUT2D eigenvalue weighted by Crippen LogP contribution is -2.10. The fourth-order valence-corrected chi connectivity index (χ4v) is 4.13. The number of thioether (sulfide) groups is 1. The summed E-state index contributed by atoms with van der Waals surface area (Å²) in [7, 11) is 0. The number of ether oxygens (including phenoxy) is 1. The second kappa shape index (κ2) is 10.6. The molecule has 0 unspecified atom stereocenters. The van der Waals surface area contributed by atoms with E-state index in [1.165, 1.54) is 23.9 Å². The summed E-state index contributed by atoms with van der Waals surface area (Å²) in [6.45, 7) is -0.529. The van der Waals surface area contributed by atoms with Crippen molar-refractivity contribution in [1.82, 2.24) is 0 Å². The van der Waals surface area contributed by atoms with E-state index in [0.29, 0.717) is 11.8 Å². The van der Waals surface area contributed by atoms with Gasteiger partial charge in [-0.1, -0.05) is 11.8 Å². The van der Waals surface area contributed by atoms with Crippen molar-refractivity contribution in [3.8, 4) is 29.2 Å². The first-order chi connectivity index (χ1) is 16.1. The summed E-state index contributed by atoms with van der Waals surface area (Å²) in [6.07, 6.45) is 6.55. The van der Waals surface area contributed by atoms with Gasteiger partial charge in [0.2, 0.25) is 11.6 Å². The van der Waals surface area contributed by atoms with E-state index < -0.39 is 74.9 Å². The van der Waals surface area contributed by atoms with Crippen molar-refractivity contribution in [3.63, 3.8) is 0 Å². The van der Waals surface area contributed by atoms with Gasteiger partial charge in [-0.05, 0) is 30.5 Å². The van der Waals surface area contributed by atoms with Crippen molar-refractivity contribution < 1.29 is 39.9 Å². The molecule has 0 heterocycles. The van der Waals surface area contributed by atoms with E-state index in [1.54, 1.807) is 18.4 Å². The smallest absolute Gasteiger partial charge is 0.204 e. The number of halogens is 8. The minimum Gasteiger partial charge on any atom is -0.486 e. The van der Waals surface area contributed by atoms with Gasteiger partial charge in [0.25, 0.3) is 0 Å². The molecule has 0 aliphatic heterocycles. The van der Waals surface area contributed by atoms with Crippen LogP contribution >= 0.6 is 23.5 Å². The van der Waals surface area contributed by atoms with E-state index in [2.05, 4.69) is 10.7 Å². The predicted octanol–water partition coefficient (Wildman–Crippen LogP) is 7.74. The van der Waals surface area contributed by atoms with Crippen molar-refractivity contribution in [2.75, 3.05) is 12.9 Å². The molecule has 3 aromatic carbocycles. The molecule has 34 heavy (non-hydrogen) atoms. The molecular formula is C23H12F8OS2. The fraction of sp³-hybridized carbons (Fsp3) is 0.130. The zero-order chi connectivity index (χ0) is 25.2. The van der Waals surface area contributed by atoms with Crippen LogP contribution in [0.15, 0.2) is 39.0 Å². The Morgan fingerprint density at radius 3 is 1.59 bits per heavy atom. The summed E-state index contributed by atoms with van der Waals surface area (Å²) in [4.78, 5) is -0.142. The Labute approximate surface area is 197 Å². The molecule has 0 atom stereocenters. The molecule has 178 valence electrons. The minimum atomic E-state index is -2.31. The van der Waals surface area contributed by atoms with Crippen LogP contribution in [-0.2, 0) is 0 Å². The number of terminal acetylenes is 1. The van der Waals surface area contributed by atoms with E-state index in [0.717, 1.165) is 4.90 Å². The first kappa shape index (κ1) is 25.8. The lowest BCUT2D eigenvalue weighted by Gasteiger charge is -2.16. The van der Waals surface area contributed by atoms with Crippen LogP contribution in [0, 0.1) is 58.9 Å².